The van der Waals surface area contributed by atoms with Crippen molar-refractivity contribution in [1.29, 1.82) is 0 Å². The molecule has 0 aliphatic carbocycles. The second-order valence-corrected chi connectivity index (χ2v) is 5.46. The van der Waals surface area contributed by atoms with Gasteiger partial charge < -0.3 is 15.3 Å². The first-order chi connectivity index (χ1) is 9.58. The Kier molecular flexibility index (Phi) is 4.95. The van der Waals surface area contributed by atoms with Crippen LogP contribution in [0.3, 0.4) is 0 Å². The normalized spacial score (nSPS) is 17.1. The smallest absolute Gasteiger partial charge is 0.337 e. The van der Waals surface area contributed by atoms with E-state index in [0.29, 0.717) is 12.5 Å². The number of likely N-dealkylation sites (tertiary alicyclic amines) is 1. The third-order valence-electron chi connectivity index (χ3n) is 3.64. The average Bonchev–Trinajstić information content (AvgIpc) is 2.89. The molecule has 0 amide bonds. The number of benzene rings is 1. The second kappa shape index (κ2) is 6.70. The summed E-state index contributed by atoms with van der Waals surface area (Å²) in [5.41, 5.74) is 0.0756. The highest BCUT2D eigenvalue weighted by Crippen LogP contribution is 2.20. The zero-order valence-electron chi connectivity index (χ0n) is 11.7. The Morgan fingerprint density at radius 1 is 1.45 bits per heavy atom. The first-order valence-electron chi connectivity index (χ1n) is 7.06. The Morgan fingerprint density at radius 2 is 2.15 bits per heavy atom. The first-order valence-corrected chi connectivity index (χ1v) is 7.06. The molecule has 4 nitrogen and oxygen atoms in total. The van der Waals surface area contributed by atoms with Crippen LogP contribution < -0.4 is 5.32 Å². The highest BCUT2D eigenvalue weighted by molar-refractivity contribution is 5.94. The zero-order valence-corrected chi connectivity index (χ0v) is 11.7. The summed E-state index contributed by atoms with van der Waals surface area (Å²) in [7, 11) is 0. The van der Waals surface area contributed by atoms with E-state index in [4.69, 9.17) is 5.11 Å². The SMILES string of the molecule is CC(CNc1c(F)cccc1C(=O)O)CN1CCCC1. The van der Waals surface area contributed by atoms with Crippen molar-refractivity contribution in [1.82, 2.24) is 4.90 Å². The fraction of sp³-hybridized carbons (Fsp3) is 0.533. The molecule has 1 atom stereocenters. The van der Waals surface area contributed by atoms with Crippen molar-refractivity contribution in [3.05, 3.63) is 29.6 Å². The van der Waals surface area contributed by atoms with E-state index in [1.807, 2.05) is 0 Å². The Hall–Kier alpha value is -1.62. The van der Waals surface area contributed by atoms with Gasteiger partial charge in [0.05, 0.1) is 11.3 Å². The molecule has 2 N–H and O–H groups in total. The molecule has 1 aliphatic heterocycles. The molecule has 1 heterocycles. The van der Waals surface area contributed by atoms with Crippen LogP contribution in [0.5, 0.6) is 0 Å². The maximum absolute atomic E-state index is 13.7. The summed E-state index contributed by atoms with van der Waals surface area (Å²) in [5, 5.41) is 12.0. The molecular formula is C15H21FN2O2. The van der Waals surface area contributed by atoms with Crippen LogP contribution in [0.4, 0.5) is 10.1 Å². The van der Waals surface area contributed by atoms with Crippen LogP contribution >= 0.6 is 0 Å². The van der Waals surface area contributed by atoms with Gasteiger partial charge in [0.1, 0.15) is 5.82 Å². The number of para-hydroxylation sites is 1. The largest absolute Gasteiger partial charge is 0.478 e. The molecule has 0 radical (unpaired) electrons. The Morgan fingerprint density at radius 3 is 2.80 bits per heavy atom. The third-order valence-corrected chi connectivity index (χ3v) is 3.64. The summed E-state index contributed by atoms with van der Waals surface area (Å²) in [6.45, 7) is 5.88. The van der Waals surface area contributed by atoms with Gasteiger partial charge in [-0.05, 0) is 44.0 Å². The van der Waals surface area contributed by atoms with Crippen LogP contribution in [-0.2, 0) is 0 Å². The Bertz CT molecular complexity index is 473. The van der Waals surface area contributed by atoms with E-state index in [0.717, 1.165) is 19.6 Å². The maximum atomic E-state index is 13.7. The van der Waals surface area contributed by atoms with Gasteiger partial charge in [0.25, 0.3) is 0 Å². The van der Waals surface area contributed by atoms with E-state index >= 15 is 0 Å². The van der Waals surface area contributed by atoms with Gasteiger partial charge in [-0.15, -0.1) is 0 Å². The van der Waals surface area contributed by atoms with Gasteiger partial charge in [-0.2, -0.15) is 0 Å². The zero-order chi connectivity index (χ0) is 14.5. The fourth-order valence-corrected chi connectivity index (χ4v) is 2.63. The molecule has 1 saturated heterocycles. The molecule has 1 unspecified atom stereocenters. The number of hydrogen-bond acceptors (Lipinski definition) is 3. The van der Waals surface area contributed by atoms with Crippen molar-refractivity contribution in [2.45, 2.75) is 19.8 Å². The van der Waals surface area contributed by atoms with Crippen LogP contribution in [0.2, 0.25) is 0 Å². The van der Waals surface area contributed by atoms with Gasteiger partial charge in [-0.3, -0.25) is 0 Å². The quantitative estimate of drug-likeness (QED) is 0.841. The summed E-state index contributed by atoms with van der Waals surface area (Å²) in [5.74, 6) is -1.29. The van der Waals surface area contributed by atoms with E-state index in [-0.39, 0.29) is 11.3 Å². The molecule has 1 aliphatic rings. The standard InChI is InChI=1S/C15H21FN2O2/c1-11(10-18-7-2-3-8-18)9-17-14-12(15(19)20)5-4-6-13(14)16/h4-6,11,17H,2-3,7-10H2,1H3,(H,19,20). The van der Waals surface area contributed by atoms with Crippen LogP contribution in [0.25, 0.3) is 0 Å². The number of rotatable bonds is 6. The monoisotopic (exact) mass is 280 g/mol. The lowest BCUT2D eigenvalue weighted by Gasteiger charge is -2.21. The molecule has 1 aromatic carbocycles. The van der Waals surface area contributed by atoms with Gasteiger partial charge in [0, 0.05) is 13.1 Å². The van der Waals surface area contributed by atoms with Crippen molar-refractivity contribution in [3.8, 4) is 0 Å². The first kappa shape index (κ1) is 14.8. The molecule has 1 aromatic rings. The minimum atomic E-state index is -1.11. The molecule has 0 spiro atoms. The van der Waals surface area contributed by atoms with Crippen LogP contribution in [-0.4, -0.2) is 42.2 Å². The van der Waals surface area contributed by atoms with Crippen molar-refractivity contribution >= 4 is 11.7 Å². The molecule has 0 bridgehead atoms. The van der Waals surface area contributed by atoms with Crippen molar-refractivity contribution in [2.24, 2.45) is 5.92 Å². The number of nitrogens with zero attached hydrogens (tertiary/aromatic N) is 1. The summed E-state index contributed by atoms with van der Waals surface area (Å²) in [6, 6.07) is 4.11. The minimum Gasteiger partial charge on any atom is -0.478 e. The van der Waals surface area contributed by atoms with Crippen LogP contribution in [0.1, 0.15) is 30.1 Å². The predicted molar refractivity (Wildman–Crippen MR) is 76.7 cm³/mol. The molecular weight excluding hydrogens is 259 g/mol. The van der Waals surface area contributed by atoms with E-state index in [2.05, 4.69) is 17.1 Å². The summed E-state index contributed by atoms with van der Waals surface area (Å²) < 4.78 is 13.7. The molecule has 5 heteroatoms. The number of halogens is 1. The predicted octanol–water partition coefficient (Wildman–Crippen LogP) is 2.67. The van der Waals surface area contributed by atoms with Gasteiger partial charge >= 0.3 is 5.97 Å². The maximum Gasteiger partial charge on any atom is 0.337 e. The van der Waals surface area contributed by atoms with E-state index in [1.165, 1.54) is 31.0 Å². The van der Waals surface area contributed by atoms with E-state index < -0.39 is 11.8 Å². The minimum absolute atomic E-state index is 0.0154. The highest BCUT2D eigenvalue weighted by Gasteiger charge is 2.17. The topological polar surface area (TPSA) is 52.6 Å². The number of carboxylic acids is 1. The van der Waals surface area contributed by atoms with Gasteiger partial charge in [-0.25, -0.2) is 9.18 Å². The molecule has 0 aromatic heterocycles. The van der Waals surface area contributed by atoms with E-state index in [1.54, 1.807) is 0 Å². The third kappa shape index (κ3) is 3.70. The van der Waals surface area contributed by atoms with E-state index in [9.17, 15) is 9.18 Å². The average molecular weight is 280 g/mol. The number of carbonyl (C=O) groups is 1. The lowest BCUT2D eigenvalue weighted by molar-refractivity contribution is 0.0697. The number of nitrogens with one attached hydrogen (secondary N) is 1. The summed E-state index contributed by atoms with van der Waals surface area (Å²) >= 11 is 0. The van der Waals surface area contributed by atoms with Gasteiger partial charge in [0.2, 0.25) is 0 Å². The number of carboxylic acid groups (broad SMARTS) is 1. The van der Waals surface area contributed by atoms with Gasteiger partial charge in [-0.1, -0.05) is 13.0 Å². The molecule has 0 saturated carbocycles. The Labute approximate surface area is 118 Å². The number of hydrogen-bond donors (Lipinski definition) is 2. The molecule has 110 valence electrons. The van der Waals surface area contributed by atoms with Crippen LogP contribution in [0, 0.1) is 11.7 Å². The van der Waals surface area contributed by atoms with Gasteiger partial charge in [0.15, 0.2) is 0 Å². The molecule has 1 fully saturated rings. The van der Waals surface area contributed by atoms with Crippen molar-refractivity contribution in [3.63, 3.8) is 0 Å². The number of aromatic carboxylic acids is 1. The van der Waals surface area contributed by atoms with Crippen LogP contribution in [0.15, 0.2) is 18.2 Å². The summed E-state index contributed by atoms with van der Waals surface area (Å²) in [4.78, 5) is 13.5. The highest BCUT2D eigenvalue weighted by atomic mass is 19.1. The molecule has 2 rings (SSSR count). The Balaban J connectivity index is 1.94. The lowest BCUT2D eigenvalue weighted by Crippen LogP contribution is -2.29. The second-order valence-electron chi connectivity index (χ2n) is 5.46. The molecule has 20 heavy (non-hydrogen) atoms. The lowest BCUT2D eigenvalue weighted by atomic mass is 10.1. The van der Waals surface area contributed by atoms with Crippen molar-refractivity contribution < 1.29 is 14.3 Å². The number of anilines is 1. The summed E-state index contributed by atoms with van der Waals surface area (Å²) in [6.07, 6.45) is 2.49. The fourth-order valence-electron chi connectivity index (χ4n) is 2.63. The van der Waals surface area contributed by atoms with Crippen molar-refractivity contribution in [2.75, 3.05) is 31.5 Å².